The molecule has 7 nitrogen and oxygen atoms in total. The number of hydrogen-bond donors (Lipinski definition) is 1. The Bertz CT molecular complexity index is 1640. The predicted octanol–water partition coefficient (Wildman–Crippen LogP) is 6.75. The van der Waals surface area contributed by atoms with Crippen LogP contribution < -0.4 is 10.5 Å². The fourth-order valence-electron chi connectivity index (χ4n) is 5.11. The zero-order valence-corrected chi connectivity index (χ0v) is 24.6. The van der Waals surface area contributed by atoms with Gasteiger partial charge in [0.1, 0.15) is 11.6 Å². The van der Waals surface area contributed by atoms with Crippen LogP contribution in [0, 0.1) is 11.7 Å². The molecule has 0 amide bonds. The lowest BCUT2D eigenvalue weighted by Crippen LogP contribution is -2.57. The normalized spacial score (nSPS) is 21.5. The Balaban J connectivity index is 1.52. The zero-order valence-electron chi connectivity index (χ0n) is 24.6. The summed E-state index contributed by atoms with van der Waals surface area (Å²) in [7, 11) is 0. The molecule has 1 saturated heterocycles. The van der Waals surface area contributed by atoms with Crippen molar-refractivity contribution in [3.63, 3.8) is 0 Å². The molecule has 5 atom stereocenters. The molecule has 45 heavy (non-hydrogen) atoms. The highest BCUT2D eigenvalue weighted by Crippen LogP contribution is 2.39. The van der Waals surface area contributed by atoms with Crippen molar-refractivity contribution in [2.24, 2.45) is 11.7 Å². The third-order valence-electron chi connectivity index (χ3n) is 7.73. The predicted molar refractivity (Wildman–Crippen MR) is 160 cm³/mol. The summed E-state index contributed by atoms with van der Waals surface area (Å²) >= 11 is 0. The zero-order chi connectivity index (χ0) is 32.1. The van der Waals surface area contributed by atoms with Gasteiger partial charge in [0.05, 0.1) is 23.8 Å². The molecule has 234 valence electrons. The lowest BCUT2D eigenvalue weighted by Gasteiger charge is -2.43. The molecule has 0 saturated carbocycles. The molecule has 0 unspecified atom stereocenters. The van der Waals surface area contributed by atoms with Gasteiger partial charge in [0.15, 0.2) is 6.10 Å². The first kappa shape index (κ1) is 31.7. The van der Waals surface area contributed by atoms with Crippen LogP contribution in [0.5, 0.6) is 5.75 Å². The molecule has 10 heteroatoms. The van der Waals surface area contributed by atoms with E-state index < -0.39 is 66.3 Å². The SMILES string of the molecule is C[C@@H]1[C@@H](OC(=O)c2ccccc2)[C@@H](OC(=O)c2ccccc2)[C@H](Oc2ccc(C(F)(F)CN)c(-c3cccc(F)c3)c2)O[C@H]1C. The maximum atomic E-state index is 14.9. The van der Waals surface area contributed by atoms with E-state index in [4.69, 9.17) is 24.7 Å². The number of carbonyl (C=O) groups excluding carboxylic acids is 2. The quantitative estimate of drug-likeness (QED) is 0.207. The van der Waals surface area contributed by atoms with Gasteiger partial charge < -0.3 is 24.7 Å². The van der Waals surface area contributed by atoms with E-state index >= 15 is 0 Å². The molecule has 4 aromatic rings. The topological polar surface area (TPSA) is 97.1 Å². The molecule has 1 aliphatic heterocycles. The van der Waals surface area contributed by atoms with Crippen LogP contribution in [0.15, 0.2) is 103 Å². The number of benzene rings is 4. The van der Waals surface area contributed by atoms with Crippen LogP contribution in [0.4, 0.5) is 13.2 Å². The monoisotopic (exact) mass is 619 g/mol. The van der Waals surface area contributed by atoms with Gasteiger partial charge in [0.25, 0.3) is 5.92 Å². The molecule has 0 bridgehead atoms. The molecule has 0 aliphatic carbocycles. The van der Waals surface area contributed by atoms with Crippen LogP contribution in [0.1, 0.15) is 40.1 Å². The fourth-order valence-corrected chi connectivity index (χ4v) is 5.11. The van der Waals surface area contributed by atoms with Crippen molar-refractivity contribution in [3.05, 3.63) is 126 Å². The average Bonchev–Trinajstić information content (AvgIpc) is 3.05. The first-order valence-electron chi connectivity index (χ1n) is 14.4. The van der Waals surface area contributed by atoms with Gasteiger partial charge in [-0.05, 0) is 72.6 Å². The standard InChI is InChI=1S/C35H32F3NO6/c1-21-22(2)42-34(43-27-16-17-29(35(37,38)20-39)28(19-27)25-14-9-15-26(36)18-25)31(45-33(41)24-12-7-4-8-13-24)30(21)44-32(40)23-10-5-3-6-11-23/h3-19,21-22,30-31,34H,20,39H2,1-2H3/t21-,22-,30+,31+,34-/m0/s1. The summed E-state index contributed by atoms with van der Waals surface area (Å²) in [6, 6.07) is 25.6. The van der Waals surface area contributed by atoms with Crippen LogP contribution in [-0.2, 0) is 20.1 Å². The van der Waals surface area contributed by atoms with Crippen LogP contribution >= 0.6 is 0 Å². The summed E-state index contributed by atoms with van der Waals surface area (Å²) in [4.78, 5) is 26.4. The summed E-state index contributed by atoms with van der Waals surface area (Å²) in [6.45, 7) is 2.57. The maximum absolute atomic E-state index is 14.9. The Hall–Kier alpha value is -4.67. The molecule has 2 N–H and O–H groups in total. The lowest BCUT2D eigenvalue weighted by atomic mass is 9.91. The van der Waals surface area contributed by atoms with Gasteiger partial charge in [0.2, 0.25) is 12.4 Å². The first-order valence-corrected chi connectivity index (χ1v) is 14.4. The van der Waals surface area contributed by atoms with Crippen molar-refractivity contribution in [1.29, 1.82) is 0 Å². The van der Waals surface area contributed by atoms with Gasteiger partial charge in [-0.1, -0.05) is 55.5 Å². The minimum atomic E-state index is -3.42. The smallest absolute Gasteiger partial charge is 0.338 e. The van der Waals surface area contributed by atoms with E-state index in [-0.39, 0.29) is 22.4 Å². The molecule has 5 rings (SSSR count). The third-order valence-corrected chi connectivity index (χ3v) is 7.73. The van der Waals surface area contributed by atoms with E-state index in [1.165, 1.54) is 30.3 Å². The molecular formula is C35H32F3NO6. The lowest BCUT2D eigenvalue weighted by molar-refractivity contribution is -0.250. The van der Waals surface area contributed by atoms with E-state index in [2.05, 4.69) is 0 Å². The Morgan fingerprint density at radius 2 is 1.40 bits per heavy atom. The highest BCUT2D eigenvalue weighted by Gasteiger charge is 2.48. The number of esters is 2. The highest BCUT2D eigenvalue weighted by molar-refractivity contribution is 5.90. The first-order chi connectivity index (χ1) is 21.6. The Morgan fingerprint density at radius 1 is 0.800 bits per heavy atom. The van der Waals surface area contributed by atoms with Crippen molar-refractivity contribution in [1.82, 2.24) is 0 Å². The summed E-state index contributed by atoms with van der Waals surface area (Å²) in [6.07, 6.45) is -4.14. The van der Waals surface area contributed by atoms with E-state index in [9.17, 15) is 22.8 Å². The molecule has 0 aromatic heterocycles. The van der Waals surface area contributed by atoms with E-state index in [0.29, 0.717) is 5.56 Å². The number of carbonyl (C=O) groups is 2. The highest BCUT2D eigenvalue weighted by atomic mass is 19.3. The molecule has 1 fully saturated rings. The second-order valence-corrected chi connectivity index (χ2v) is 10.8. The van der Waals surface area contributed by atoms with Crippen molar-refractivity contribution in [2.45, 2.75) is 44.4 Å². The Labute approximate surface area is 258 Å². The van der Waals surface area contributed by atoms with Crippen molar-refractivity contribution in [2.75, 3.05) is 6.54 Å². The largest absolute Gasteiger partial charge is 0.461 e. The number of halogens is 3. The van der Waals surface area contributed by atoms with Gasteiger partial charge in [-0.25, -0.2) is 14.0 Å². The molecule has 1 aliphatic rings. The molecule has 1 heterocycles. The van der Waals surface area contributed by atoms with Gasteiger partial charge in [-0.3, -0.25) is 0 Å². The Kier molecular flexibility index (Phi) is 9.55. The van der Waals surface area contributed by atoms with Gasteiger partial charge in [-0.2, -0.15) is 8.78 Å². The van der Waals surface area contributed by atoms with Gasteiger partial charge in [0, 0.05) is 11.5 Å². The second-order valence-electron chi connectivity index (χ2n) is 10.8. The molecule has 4 aromatic carbocycles. The van der Waals surface area contributed by atoms with Crippen molar-refractivity contribution in [3.8, 4) is 16.9 Å². The fraction of sp³-hybridized carbons (Fsp3) is 0.257. The number of ether oxygens (including phenoxy) is 4. The van der Waals surface area contributed by atoms with E-state index in [1.54, 1.807) is 74.5 Å². The van der Waals surface area contributed by atoms with Gasteiger partial charge in [-0.15, -0.1) is 0 Å². The minimum absolute atomic E-state index is 0.00967. The van der Waals surface area contributed by atoms with Crippen LogP contribution in [-0.4, -0.2) is 43.1 Å². The second kappa shape index (κ2) is 13.5. The van der Waals surface area contributed by atoms with Crippen LogP contribution in [0.2, 0.25) is 0 Å². The Morgan fingerprint density at radius 3 is 1.98 bits per heavy atom. The summed E-state index contributed by atoms with van der Waals surface area (Å²) < 4.78 is 68.1. The van der Waals surface area contributed by atoms with Crippen molar-refractivity contribution < 1.29 is 41.7 Å². The van der Waals surface area contributed by atoms with E-state index in [0.717, 1.165) is 12.1 Å². The van der Waals surface area contributed by atoms with E-state index in [1.807, 2.05) is 0 Å². The average molecular weight is 620 g/mol. The van der Waals surface area contributed by atoms with Crippen LogP contribution in [0.3, 0.4) is 0 Å². The maximum Gasteiger partial charge on any atom is 0.338 e. The summed E-state index contributed by atoms with van der Waals surface area (Å²) in [5.74, 6) is -5.77. The third kappa shape index (κ3) is 7.19. The summed E-state index contributed by atoms with van der Waals surface area (Å²) in [5, 5.41) is 0. The molecular weight excluding hydrogens is 587 g/mol. The molecule has 0 spiro atoms. The summed E-state index contributed by atoms with van der Waals surface area (Å²) in [5.41, 5.74) is 5.67. The number of nitrogens with two attached hydrogens (primary N) is 1. The molecule has 0 radical (unpaired) electrons. The minimum Gasteiger partial charge on any atom is -0.461 e. The van der Waals surface area contributed by atoms with Crippen molar-refractivity contribution >= 4 is 11.9 Å². The number of alkyl halides is 2. The number of rotatable bonds is 9. The number of hydrogen-bond acceptors (Lipinski definition) is 7. The van der Waals surface area contributed by atoms with Crippen LogP contribution in [0.25, 0.3) is 11.1 Å². The van der Waals surface area contributed by atoms with Gasteiger partial charge >= 0.3 is 11.9 Å².